The van der Waals surface area contributed by atoms with Gasteiger partial charge in [-0.1, -0.05) is 24.3 Å². The smallest absolute Gasteiger partial charge is 0.410 e. The second kappa shape index (κ2) is 6.16. The third kappa shape index (κ3) is 4.28. The Balaban J connectivity index is 1.45. The minimum absolute atomic E-state index is 0.180. The highest BCUT2D eigenvalue weighted by Gasteiger charge is 2.54. The molecule has 1 aliphatic carbocycles. The Hall–Kier alpha value is -1.28. The van der Waals surface area contributed by atoms with Crippen LogP contribution in [0.15, 0.2) is 24.3 Å². The van der Waals surface area contributed by atoms with Crippen molar-refractivity contribution in [3.63, 3.8) is 0 Å². The molecule has 1 spiro atoms. The second-order valence-corrected chi connectivity index (χ2v) is 12.6. The van der Waals surface area contributed by atoms with Crippen molar-refractivity contribution in [1.82, 2.24) is 4.90 Å². The summed E-state index contributed by atoms with van der Waals surface area (Å²) in [5.74, 6) is 0.696. The summed E-state index contributed by atoms with van der Waals surface area (Å²) in [7, 11) is -2.16. The van der Waals surface area contributed by atoms with E-state index >= 15 is 0 Å². The quantitative estimate of drug-likeness (QED) is 0.759. The summed E-state index contributed by atoms with van der Waals surface area (Å²) in [5, 5.41) is 0.952. The van der Waals surface area contributed by atoms with Gasteiger partial charge in [0.1, 0.15) is 12.7 Å². The number of amides is 1. The monoisotopic (exact) mass is 363 g/mol. The third-order valence-electron chi connectivity index (χ3n) is 5.23. The van der Waals surface area contributed by atoms with E-state index in [1.807, 2.05) is 51.1 Å². The van der Waals surface area contributed by atoms with Gasteiger partial charge in [0.15, 0.2) is 0 Å². The number of benzene rings is 1. The van der Waals surface area contributed by atoms with Gasteiger partial charge in [-0.05, 0) is 64.8 Å². The van der Waals surface area contributed by atoms with Crippen molar-refractivity contribution < 1.29 is 14.1 Å². The van der Waals surface area contributed by atoms with Gasteiger partial charge in [-0.3, -0.25) is 0 Å². The van der Waals surface area contributed by atoms with E-state index in [0.717, 1.165) is 24.8 Å². The van der Waals surface area contributed by atoms with Crippen molar-refractivity contribution in [3.8, 4) is 0 Å². The molecule has 5 heteroatoms. The predicted octanol–water partition coefficient (Wildman–Crippen LogP) is 4.12. The summed E-state index contributed by atoms with van der Waals surface area (Å²) in [5.41, 5.74) is 1.24. The van der Waals surface area contributed by atoms with Crippen molar-refractivity contribution in [1.29, 1.82) is 0 Å². The van der Waals surface area contributed by atoms with Crippen LogP contribution in [0.1, 0.15) is 39.2 Å². The van der Waals surface area contributed by atoms with E-state index < -0.39 is 12.7 Å². The van der Waals surface area contributed by atoms with Crippen LogP contribution >= 0.6 is 7.14 Å². The Bertz CT molecular complexity index is 685. The Morgan fingerprint density at radius 2 is 1.76 bits per heavy atom. The van der Waals surface area contributed by atoms with E-state index in [2.05, 4.69) is 12.1 Å². The van der Waals surface area contributed by atoms with Crippen LogP contribution in [0.4, 0.5) is 4.79 Å². The lowest BCUT2D eigenvalue weighted by Gasteiger charge is -2.59. The minimum atomic E-state index is -2.16. The van der Waals surface area contributed by atoms with Gasteiger partial charge in [0.25, 0.3) is 0 Å². The number of rotatable bonds is 3. The van der Waals surface area contributed by atoms with Gasteiger partial charge in [-0.2, -0.15) is 0 Å². The average molecular weight is 363 g/mol. The standard InChI is InChI=1S/C20H30NO3P/c1-19(2,3)24-18(22)21-13-20(14-21)11-16(12-20)10-15-6-8-17(9-7-15)25(4,5)23/h6-9,16H,10-14H2,1-5H3. The van der Waals surface area contributed by atoms with Crippen LogP contribution in [-0.2, 0) is 15.7 Å². The largest absolute Gasteiger partial charge is 0.444 e. The summed E-state index contributed by atoms with van der Waals surface area (Å²) in [6.07, 6.45) is 3.27. The van der Waals surface area contributed by atoms with Gasteiger partial charge in [-0.25, -0.2) is 4.79 Å². The number of carbonyl (C=O) groups is 1. The van der Waals surface area contributed by atoms with Crippen molar-refractivity contribution in [2.75, 3.05) is 26.4 Å². The second-order valence-electron chi connectivity index (χ2n) is 9.33. The first-order valence-electron chi connectivity index (χ1n) is 9.08. The molecule has 2 aliphatic rings. The van der Waals surface area contributed by atoms with Gasteiger partial charge >= 0.3 is 6.09 Å². The zero-order valence-electron chi connectivity index (χ0n) is 16.0. The molecule has 2 fully saturated rings. The van der Waals surface area contributed by atoms with Crippen molar-refractivity contribution in [3.05, 3.63) is 29.8 Å². The van der Waals surface area contributed by atoms with E-state index in [9.17, 15) is 9.36 Å². The molecule has 1 aromatic carbocycles. The van der Waals surface area contributed by atoms with Crippen molar-refractivity contribution >= 4 is 18.5 Å². The fourth-order valence-electron chi connectivity index (χ4n) is 4.11. The van der Waals surface area contributed by atoms with Crippen molar-refractivity contribution in [2.24, 2.45) is 11.3 Å². The SMILES string of the molecule is CC(C)(C)OC(=O)N1CC2(CC(Cc3ccc(P(C)(C)=O)cc3)C2)C1. The number of ether oxygens (including phenoxy) is 1. The fraction of sp³-hybridized carbons (Fsp3) is 0.650. The third-order valence-corrected chi connectivity index (χ3v) is 6.77. The first-order chi connectivity index (χ1) is 11.5. The van der Waals surface area contributed by atoms with E-state index in [-0.39, 0.29) is 6.09 Å². The summed E-state index contributed by atoms with van der Waals surface area (Å²) in [6.45, 7) is 11.0. The maximum atomic E-state index is 12.1. The zero-order valence-corrected chi connectivity index (χ0v) is 16.9. The Kier molecular flexibility index (Phi) is 4.56. The molecule has 138 valence electrons. The summed E-state index contributed by atoms with van der Waals surface area (Å²) >= 11 is 0. The van der Waals surface area contributed by atoms with Gasteiger partial charge < -0.3 is 14.2 Å². The van der Waals surface area contributed by atoms with Crippen LogP contribution in [0.25, 0.3) is 0 Å². The summed E-state index contributed by atoms with van der Waals surface area (Å²) in [4.78, 5) is 13.9. The van der Waals surface area contributed by atoms with Crippen LogP contribution in [0.3, 0.4) is 0 Å². The molecule has 1 saturated heterocycles. The van der Waals surface area contributed by atoms with E-state index in [1.165, 1.54) is 18.4 Å². The molecule has 4 nitrogen and oxygen atoms in total. The number of carbonyl (C=O) groups excluding carboxylic acids is 1. The average Bonchev–Trinajstić information content (AvgIpc) is 2.37. The van der Waals surface area contributed by atoms with E-state index in [1.54, 1.807) is 0 Å². The molecule has 1 amide bonds. The Labute approximate surface area is 151 Å². The fourth-order valence-corrected chi connectivity index (χ4v) is 4.98. The molecule has 0 radical (unpaired) electrons. The molecule has 0 atom stereocenters. The van der Waals surface area contributed by atoms with E-state index in [0.29, 0.717) is 11.3 Å². The first-order valence-corrected chi connectivity index (χ1v) is 11.7. The Morgan fingerprint density at radius 3 is 2.24 bits per heavy atom. The van der Waals surface area contributed by atoms with E-state index in [4.69, 9.17) is 4.74 Å². The maximum absolute atomic E-state index is 12.1. The molecule has 0 bridgehead atoms. The van der Waals surface area contributed by atoms with Crippen LogP contribution < -0.4 is 5.30 Å². The van der Waals surface area contributed by atoms with Gasteiger partial charge in [0, 0.05) is 23.8 Å². The lowest BCUT2D eigenvalue weighted by Crippen LogP contribution is -2.64. The molecule has 0 aromatic heterocycles. The number of hydrogen-bond acceptors (Lipinski definition) is 3. The van der Waals surface area contributed by atoms with Crippen LogP contribution in [0.5, 0.6) is 0 Å². The molecule has 1 aliphatic heterocycles. The molecule has 1 aromatic rings. The lowest BCUT2D eigenvalue weighted by molar-refractivity contribution is -0.0947. The highest BCUT2D eigenvalue weighted by atomic mass is 31.2. The predicted molar refractivity (Wildman–Crippen MR) is 102 cm³/mol. The molecule has 1 heterocycles. The normalized spacial score (nSPS) is 20.1. The van der Waals surface area contributed by atoms with Gasteiger partial charge in [0.2, 0.25) is 0 Å². The lowest BCUT2D eigenvalue weighted by atomic mass is 9.56. The highest BCUT2D eigenvalue weighted by molar-refractivity contribution is 7.70. The van der Waals surface area contributed by atoms with Gasteiger partial charge in [0.05, 0.1) is 0 Å². The highest BCUT2D eigenvalue weighted by Crippen LogP contribution is 2.53. The van der Waals surface area contributed by atoms with Crippen molar-refractivity contribution in [2.45, 2.75) is 45.6 Å². The molecule has 25 heavy (non-hydrogen) atoms. The summed E-state index contributed by atoms with van der Waals surface area (Å²) < 4.78 is 17.5. The minimum Gasteiger partial charge on any atom is -0.444 e. The first kappa shape index (κ1) is 18.5. The van der Waals surface area contributed by atoms with Crippen LogP contribution in [-0.4, -0.2) is 43.0 Å². The topological polar surface area (TPSA) is 46.6 Å². The molecule has 1 saturated carbocycles. The molecular weight excluding hydrogens is 333 g/mol. The van der Waals surface area contributed by atoms with Crippen LogP contribution in [0.2, 0.25) is 0 Å². The molecule has 0 unspecified atom stereocenters. The zero-order chi connectivity index (χ0) is 18.5. The molecule has 3 rings (SSSR count). The maximum Gasteiger partial charge on any atom is 0.410 e. The number of nitrogens with zero attached hydrogens (tertiary/aromatic N) is 1. The molecule has 0 N–H and O–H groups in total. The summed E-state index contributed by atoms with van der Waals surface area (Å²) in [6, 6.07) is 8.26. The van der Waals surface area contributed by atoms with Gasteiger partial charge in [-0.15, -0.1) is 0 Å². The van der Waals surface area contributed by atoms with Crippen LogP contribution in [0, 0.1) is 11.3 Å². The Morgan fingerprint density at radius 1 is 1.20 bits per heavy atom. The number of hydrogen-bond donors (Lipinski definition) is 0. The number of likely N-dealkylation sites (tertiary alicyclic amines) is 1. The molecular formula is C20H30NO3P.